The van der Waals surface area contributed by atoms with Gasteiger partial charge in [-0.05, 0) is 29.8 Å². The van der Waals surface area contributed by atoms with E-state index in [4.69, 9.17) is 0 Å². The van der Waals surface area contributed by atoms with E-state index in [0.29, 0.717) is 5.69 Å². The van der Waals surface area contributed by atoms with Crippen LogP contribution >= 0.6 is 0 Å². The molecule has 1 amide bonds. The molecule has 5 nitrogen and oxygen atoms in total. The molecule has 0 atom stereocenters. The molecule has 124 valence electrons. The second-order valence-electron chi connectivity index (χ2n) is 6.48. The third-order valence-electron chi connectivity index (χ3n) is 4.59. The predicted octanol–water partition coefficient (Wildman–Crippen LogP) is 3.05. The molecule has 2 aromatic rings. The second-order valence-corrected chi connectivity index (χ2v) is 6.48. The number of amides is 1. The molecule has 0 saturated heterocycles. The fraction of sp³-hybridized carbons (Fsp3) is 0.263. The number of fused-ring (bicyclic) bond motifs is 1. The highest BCUT2D eigenvalue weighted by atomic mass is 16.2. The van der Waals surface area contributed by atoms with Gasteiger partial charge in [-0.1, -0.05) is 32.0 Å². The molecule has 1 aromatic carbocycles. The summed E-state index contributed by atoms with van der Waals surface area (Å²) in [6.45, 7) is 4.38. The van der Waals surface area contributed by atoms with Crippen molar-refractivity contribution in [3.8, 4) is 0 Å². The molecule has 0 unspecified atom stereocenters. The molecule has 1 aliphatic heterocycles. The van der Waals surface area contributed by atoms with Crippen molar-refractivity contribution < 1.29 is 4.79 Å². The average Bonchev–Trinajstić information content (AvgIpc) is 3.06. The second kappa shape index (κ2) is 6.00. The zero-order valence-electron chi connectivity index (χ0n) is 14.4. The minimum absolute atomic E-state index is 0.0977. The first-order chi connectivity index (χ1) is 11.4. The fourth-order valence-electron chi connectivity index (χ4n) is 3.26. The van der Waals surface area contributed by atoms with Crippen LogP contribution in [0.15, 0.2) is 59.5 Å². The molecule has 3 rings (SSSR count). The number of nitrogens with zero attached hydrogens (tertiary/aromatic N) is 3. The number of hydrogen-bond acceptors (Lipinski definition) is 3. The maximum Gasteiger partial charge on any atom is 0.287 e. The first-order valence-electron chi connectivity index (χ1n) is 7.91. The van der Waals surface area contributed by atoms with Crippen molar-refractivity contribution in [3.63, 3.8) is 0 Å². The van der Waals surface area contributed by atoms with Gasteiger partial charge in [-0.15, -0.1) is 0 Å². The van der Waals surface area contributed by atoms with Crippen LogP contribution in [0.4, 0.5) is 5.69 Å². The molecule has 0 spiro atoms. The molecule has 0 radical (unpaired) electrons. The van der Waals surface area contributed by atoms with Crippen LogP contribution in [0.25, 0.3) is 0 Å². The Morgan fingerprint density at radius 3 is 2.58 bits per heavy atom. The van der Waals surface area contributed by atoms with E-state index in [1.807, 2.05) is 31.5 Å². The monoisotopic (exact) mass is 322 g/mol. The molecular formula is C19H22N4O. The first kappa shape index (κ1) is 16.1. The minimum atomic E-state index is -0.223. The molecular weight excluding hydrogens is 300 g/mol. The number of carbonyl (C=O) groups is 1. The lowest BCUT2D eigenvalue weighted by atomic mass is 9.84. The minimum Gasteiger partial charge on any atom is -0.347 e. The third-order valence-corrected chi connectivity index (χ3v) is 4.59. The lowest BCUT2D eigenvalue weighted by Crippen LogP contribution is -2.23. The zero-order chi connectivity index (χ0) is 17.3. The molecule has 24 heavy (non-hydrogen) atoms. The van der Waals surface area contributed by atoms with Crippen molar-refractivity contribution in [2.75, 3.05) is 11.9 Å². The van der Waals surface area contributed by atoms with Crippen LogP contribution in [0, 0.1) is 0 Å². The van der Waals surface area contributed by atoms with E-state index in [1.54, 1.807) is 16.8 Å². The van der Waals surface area contributed by atoms with E-state index in [9.17, 15) is 4.79 Å². The zero-order valence-corrected chi connectivity index (χ0v) is 14.4. The maximum atomic E-state index is 12.0. The third kappa shape index (κ3) is 2.62. The summed E-state index contributed by atoms with van der Waals surface area (Å²) in [6, 6.07) is 12.0. The highest BCUT2D eigenvalue weighted by Crippen LogP contribution is 2.46. The highest BCUT2D eigenvalue weighted by molar-refractivity contribution is 5.93. The van der Waals surface area contributed by atoms with E-state index in [2.05, 4.69) is 54.5 Å². The van der Waals surface area contributed by atoms with Gasteiger partial charge in [0.05, 0.1) is 0 Å². The van der Waals surface area contributed by atoms with Gasteiger partial charge >= 0.3 is 0 Å². The van der Waals surface area contributed by atoms with Gasteiger partial charge in [0.25, 0.3) is 5.91 Å². The Kier molecular flexibility index (Phi) is 4.01. The average molecular weight is 322 g/mol. The van der Waals surface area contributed by atoms with Crippen LogP contribution in [0.2, 0.25) is 0 Å². The summed E-state index contributed by atoms with van der Waals surface area (Å²) < 4.78 is 1.76. The Balaban J connectivity index is 1.76. The van der Waals surface area contributed by atoms with Gasteiger partial charge in [0.15, 0.2) is 0 Å². The van der Waals surface area contributed by atoms with E-state index in [1.165, 1.54) is 11.3 Å². The van der Waals surface area contributed by atoms with Crippen LogP contribution in [0.5, 0.6) is 0 Å². The van der Waals surface area contributed by atoms with Gasteiger partial charge in [-0.3, -0.25) is 4.79 Å². The van der Waals surface area contributed by atoms with Crippen molar-refractivity contribution >= 4 is 17.8 Å². The number of hydrazone groups is 1. The predicted molar refractivity (Wildman–Crippen MR) is 97.3 cm³/mol. The Hall–Kier alpha value is -2.82. The first-order valence-corrected chi connectivity index (χ1v) is 7.91. The number of likely N-dealkylation sites (N-methyl/N-ethyl adjacent to an activating group) is 1. The lowest BCUT2D eigenvalue weighted by Gasteiger charge is -2.23. The number of allylic oxidation sites excluding steroid dienone is 2. The Labute approximate surface area is 142 Å². The number of aromatic nitrogens is 1. The number of para-hydroxylation sites is 1. The number of hydrogen-bond donors (Lipinski definition) is 1. The fourth-order valence-corrected chi connectivity index (χ4v) is 3.26. The molecule has 1 aromatic heterocycles. The van der Waals surface area contributed by atoms with Crippen LogP contribution in [-0.4, -0.2) is 23.7 Å². The SMILES string of the molecule is CN1/C(=C\C=N\NC(=O)c2cccn2C)C(C)(C)c2ccccc21. The number of aryl methyl sites for hydroxylation is 1. The van der Waals surface area contributed by atoms with E-state index >= 15 is 0 Å². The Morgan fingerprint density at radius 1 is 1.17 bits per heavy atom. The van der Waals surface area contributed by atoms with Gasteiger partial charge in [0.1, 0.15) is 5.69 Å². The molecule has 2 heterocycles. The van der Waals surface area contributed by atoms with E-state index in [-0.39, 0.29) is 11.3 Å². The Bertz CT molecular complexity index is 829. The maximum absolute atomic E-state index is 12.0. The highest BCUT2D eigenvalue weighted by Gasteiger charge is 2.37. The number of anilines is 1. The molecule has 5 heteroatoms. The van der Waals surface area contributed by atoms with Crippen molar-refractivity contribution in [1.29, 1.82) is 0 Å². The van der Waals surface area contributed by atoms with Crippen LogP contribution in [0.3, 0.4) is 0 Å². The van der Waals surface area contributed by atoms with Crippen molar-refractivity contribution in [3.05, 3.63) is 65.6 Å². The number of benzene rings is 1. The molecule has 0 saturated carbocycles. The summed E-state index contributed by atoms with van der Waals surface area (Å²) in [7, 11) is 3.88. The van der Waals surface area contributed by atoms with E-state index < -0.39 is 0 Å². The summed E-state index contributed by atoms with van der Waals surface area (Å²) in [5, 5.41) is 4.05. The van der Waals surface area contributed by atoms with Crippen LogP contribution in [0.1, 0.15) is 29.9 Å². The van der Waals surface area contributed by atoms with Crippen molar-refractivity contribution in [2.24, 2.45) is 12.1 Å². The molecule has 0 fully saturated rings. The smallest absolute Gasteiger partial charge is 0.287 e. The topological polar surface area (TPSA) is 49.6 Å². The number of nitrogens with one attached hydrogen (secondary N) is 1. The van der Waals surface area contributed by atoms with Gasteiger partial charge < -0.3 is 9.47 Å². The summed E-state index contributed by atoms with van der Waals surface area (Å²) in [5.74, 6) is -0.223. The lowest BCUT2D eigenvalue weighted by molar-refractivity contribution is 0.0947. The van der Waals surface area contributed by atoms with Gasteiger partial charge in [0, 0.05) is 43.3 Å². The largest absolute Gasteiger partial charge is 0.347 e. The van der Waals surface area contributed by atoms with Crippen LogP contribution in [-0.2, 0) is 12.5 Å². The van der Waals surface area contributed by atoms with Crippen molar-refractivity contribution in [2.45, 2.75) is 19.3 Å². The summed E-state index contributed by atoms with van der Waals surface area (Å²) in [6.07, 6.45) is 5.42. The standard InChI is InChI=1S/C19H22N4O/c1-19(2)14-8-5-6-9-15(14)23(4)17(19)11-12-20-21-18(24)16-10-7-13-22(16)3/h5-13H,1-4H3,(H,21,24)/b17-11-,20-12+. The number of rotatable bonds is 3. The normalized spacial score (nSPS) is 17.5. The summed E-state index contributed by atoms with van der Waals surface area (Å²) in [4.78, 5) is 14.2. The van der Waals surface area contributed by atoms with Crippen molar-refractivity contribution in [1.82, 2.24) is 9.99 Å². The van der Waals surface area contributed by atoms with Gasteiger partial charge in [-0.25, -0.2) is 5.43 Å². The number of carbonyl (C=O) groups excluding carboxylic acids is 1. The Morgan fingerprint density at radius 2 is 1.92 bits per heavy atom. The molecule has 0 aliphatic carbocycles. The molecule has 0 bridgehead atoms. The van der Waals surface area contributed by atoms with Gasteiger partial charge in [-0.2, -0.15) is 5.10 Å². The molecule has 1 aliphatic rings. The van der Waals surface area contributed by atoms with E-state index in [0.717, 1.165) is 5.70 Å². The quantitative estimate of drug-likeness (QED) is 0.697. The summed E-state index contributed by atoms with van der Waals surface area (Å²) >= 11 is 0. The molecule has 1 N–H and O–H groups in total. The van der Waals surface area contributed by atoms with Gasteiger partial charge in [0.2, 0.25) is 0 Å². The van der Waals surface area contributed by atoms with Crippen LogP contribution < -0.4 is 10.3 Å². The summed E-state index contributed by atoms with van der Waals surface area (Å²) in [5.41, 5.74) is 6.67.